The molecule has 63 heavy (non-hydrogen) atoms. The third-order valence-corrected chi connectivity index (χ3v) is 12.1. The molecule has 1 heterocycles. The highest BCUT2D eigenvalue weighted by molar-refractivity contribution is 5.69. The van der Waals surface area contributed by atoms with E-state index in [1.807, 2.05) is 84.9 Å². The van der Waals surface area contributed by atoms with Crippen molar-refractivity contribution in [2.45, 2.75) is 199 Å². The summed E-state index contributed by atoms with van der Waals surface area (Å²) in [5.74, 6) is -0.199. The van der Waals surface area contributed by atoms with E-state index >= 15 is 0 Å². The molecule has 0 aromatic heterocycles. The molecule has 5 rings (SSSR count). The van der Waals surface area contributed by atoms with Crippen LogP contribution in [0.25, 0.3) is 0 Å². The first-order valence-electron chi connectivity index (χ1n) is 24.6. The second-order valence-electron chi connectivity index (χ2n) is 17.4. The zero-order valence-corrected chi connectivity index (χ0v) is 38.6. The molecule has 0 radical (unpaired) electrons. The quantitative estimate of drug-likeness (QED) is 0.0349. The van der Waals surface area contributed by atoms with Gasteiger partial charge in [0.2, 0.25) is 0 Å². The molecule has 0 aliphatic carbocycles. The van der Waals surface area contributed by atoms with Crippen LogP contribution in [0.1, 0.15) is 158 Å². The van der Waals surface area contributed by atoms with Gasteiger partial charge in [-0.15, -0.1) is 0 Å². The molecule has 1 aliphatic rings. The molecule has 1 unspecified atom stereocenters. The fraction of sp³-hybridized carbons (Fsp3) is 0.554. The zero-order chi connectivity index (χ0) is 44.0. The first-order chi connectivity index (χ1) is 31.1. The van der Waals surface area contributed by atoms with Gasteiger partial charge in [0.05, 0.1) is 26.4 Å². The van der Waals surface area contributed by atoms with Gasteiger partial charge in [0.15, 0.2) is 6.29 Å². The Kier molecular flexibility index (Phi) is 24.8. The van der Waals surface area contributed by atoms with Gasteiger partial charge in [-0.25, -0.2) is 0 Å². The molecule has 7 nitrogen and oxygen atoms in total. The molecule has 344 valence electrons. The molecule has 6 atom stereocenters. The fourth-order valence-corrected chi connectivity index (χ4v) is 8.45. The molecule has 0 saturated carbocycles. The summed E-state index contributed by atoms with van der Waals surface area (Å²) in [7, 11) is 0. The summed E-state index contributed by atoms with van der Waals surface area (Å²) in [6.07, 6.45) is 17.7. The fourth-order valence-electron chi connectivity index (χ4n) is 8.45. The van der Waals surface area contributed by atoms with Crippen molar-refractivity contribution < 1.29 is 33.2 Å². The molecule has 1 fully saturated rings. The van der Waals surface area contributed by atoms with Gasteiger partial charge >= 0.3 is 5.97 Å². The summed E-state index contributed by atoms with van der Waals surface area (Å²) in [4.78, 5) is 13.7. The van der Waals surface area contributed by atoms with Crippen LogP contribution in [0.4, 0.5) is 0 Å². The lowest BCUT2D eigenvalue weighted by molar-refractivity contribution is -0.337. The molecule has 4 aromatic carbocycles. The van der Waals surface area contributed by atoms with Crippen LogP contribution < -0.4 is 0 Å². The monoisotopic (exact) mass is 863 g/mol. The number of carbonyl (C=O) groups is 1. The molecular weight excluding hydrogens is 785 g/mol. The number of esters is 1. The number of ether oxygens (including phenoxy) is 6. The van der Waals surface area contributed by atoms with Crippen LogP contribution in [0.15, 0.2) is 121 Å². The Labute approximate surface area is 380 Å². The van der Waals surface area contributed by atoms with Gasteiger partial charge in [0, 0.05) is 6.42 Å². The highest BCUT2D eigenvalue weighted by atomic mass is 16.7. The SMILES string of the molecule is CCCCCCCCCCCCCCCCC(OC(=O)CCCCC)[C@H]1O[C@@H](OCc2ccccc2)[C@H](OCc2ccccc2)[C@@H](OCc2ccccc2)[C@@H]1OCc1ccccc1. The van der Waals surface area contributed by atoms with Gasteiger partial charge in [-0.2, -0.15) is 0 Å². The first-order valence-corrected chi connectivity index (χ1v) is 24.6. The molecule has 7 heteroatoms. The second-order valence-corrected chi connectivity index (χ2v) is 17.4. The highest BCUT2D eigenvalue weighted by Gasteiger charge is 2.52. The van der Waals surface area contributed by atoms with Crippen LogP contribution in [-0.4, -0.2) is 42.8 Å². The summed E-state index contributed by atoms with van der Waals surface area (Å²) < 4.78 is 41.2. The summed E-state index contributed by atoms with van der Waals surface area (Å²) in [6, 6.07) is 40.6. The number of carbonyl (C=O) groups excluding carboxylic acids is 1. The molecule has 1 aliphatic heterocycles. The number of hydrogen-bond donors (Lipinski definition) is 0. The summed E-state index contributed by atoms with van der Waals surface area (Å²) in [5.41, 5.74) is 4.11. The standard InChI is InChI=1S/C56H78O7/c1-3-5-7-8-9-10-11-12-13-14-15-16-17-31-40-50(62-51(57)41-22-6-4-2)52-53(58-42-46-32-23-18-24-33-46)54(59-43-47-34-25-19-26-35-47)55(60-44-48-36-27-20-28-37-48)56(63-52)61-45-49-38-29-21-30-39-49/h18-21,23-30,32-39,50,52-56H,3-17,22,31,40-45H2,1-2H3/t50?,52-,53-,54+,55-,56-/m1/s1. The summed E-state index contributed by atoms with van der Waals surface area (Å²) in [6.45, 7) is 5.73. The van der Waals surface area contributed by atoms with Crippen molar-refractivity contribution in [3.63, 3.8) is 0 Å². The largest absolute Gasteiger partial charge is 0.459 e. The van der Waals surface area contributed by atoms with Crippen molar-refractivity contribution in [1.29, 1.82) is 0 Å². The van der Waals surface area contributed by atoms with E-state index in [4.69, 9.17) is 28.4 Å². The van der Waals surface area contributed by atoms with E-state index in [1.54, 1.807) is 0 Å². The van der Waals surface area contributed by atoms with E-state index in [9.17, 15) is 4.79 Å². The third kappa shape index (κ3) is 19.4. The molecule has 1 saturated heterocycles. The Morgan fingerprint density at radius 1 is 0.444 bits per heavy atom. The van der Waals surface area contributed by atoms with Gasteiger partial charge in [-0.05, 0) is 41.5 Å². The van der Waals surface area contributed by atoms with Gasteiger partial charge in [0.25, 0.3) is 0 Å². The predicted octanol–water partition coefficient (Wildman–Crippen LogP) is 14.0. The van der Waals surface area contributed by atoms with Crippen molar-refractivity contribution in [3.05, 3.63) is 144 Å². The maximum atomic E-state index is 13.7. The van der Waals surface area contributed by atoms with Crippen LogP contribution in [0.3, 0.4) is 0 Å². The van der Waals surface area contributed by atoms with E-state index in [-0.39, 0.29) is 5.97 Å². The minimum atomic E-state index is -0.839. The van der Waals surface area contributed by atoms with E-state index in [1.165, 1.54) is 70.6 Å². The Balaban J connectivity index is 1.38. The van der Waals surface area contributed by atoms with Crippen molar-refractivity contribution in [3.8, 4) is 0 Å². The smallest absolute Gasteiger partial charge is 0.306 e. The molecule has 0 spiro atoms. The average Bonchev–Trinajstić information content (AvgIpc) is 3.32. The van der Waals surface area contributed by atoms with Crippen molar-refractivity contribution in [2.24, 2.45) is 0 Å². The van der Waals surface area contributed by atoms with Crippen molar-refractivity contribution >= 4 is 5.97 Å². The molecule has 0 amide bonds. The van der Waals surface area contributed by atoms with E-state index in [0.29, 0.717) is 39.3 Å². The topological polar surface area (TPSA) is 72.5 Å². The Morgan fingerprint density at radius 2 is 0.810 bits per heavy atom. The molecular formula is C56H78O7. The minimum absolute atomic E-state index is 0.199. The normalized spacial score (nSPS) is 19.2. The number of benzene rings is 4. The van der Waals surface area contributed by atoms with Gasteiger partial charge in [0.1, 0.15) is 30.5 Å². The number of unbranched alkanes of at least 4 members (excludes halogenated alkanes) is 15. The van der Waals surface area contributed by atoms with Crippen LogP contribution >= 0.6 is 0 Å². The number of rotatable bonds is 33. The maximum absolute atomic E-state index is 13.7. The molecule has 0 N–H and O–H groups in total. The van der Waals surface area contributed by atoms with E-state index in [2.05, 4.69) is 50.2 Å². The van der Waals surface area contributed by atoms with Crippen molar-refractivity contribution in [1.82, 2.24) is 0 Å². The van der Waals surface area contributed by atoms with E-state index < -0.39 is 36.8 Å². The van der Waals surface area contributed by atoms with Crippen LogP contribution in [0, 0.1) is 0 Å². The zero-order valence-electron chi connectivity index (χ0n) is 38.6. The van der Waals surface area contributed by atoms with Gasteiger partial charge in [-0.1, -0.05) is 231 Å². The maximum Gasteiger partial charge on any atom is 0.306 e. The Morgan fingerprint density at radius 3 is 1.25 bits per heavy atom. The van der Waals surface area contributed by atoms with Gasteiger partial charge in [-0.3, -0.25) is 4.79 Å². The first kappa shape index (κ1) is 50.2. The van der Waals surface area contributed by atoms with Crippen LogP contribution in [-0.2, 0) is 59.6 Å². The minimum Gasteiger partial charge on any atom is -0.459 e. The Hall–Kier alpha value is -3.85. The second kappa shape index (κ2) is 31.1. The van der Waals surface area contributed by atoms with Gasteiger partial charge < -0.3 is 28.4 Å². The van der Waals surface area contributed by atoms with Crippen LogP contribution in [0.5, 0.6) is 0 Å². The number of hydrogen-bond acceptors (Lipinski definition) is 7. The highest BCUT2D eigenvalue weighted by Crippen LogP contribution is 2.35. The average molecular weight is 863 g/mol. The third-order valence-electron chi connectivity index (χ3n) is 12.1. The molecule has 4 aromatic rings. The Bertz CT molecular complexity index is 1710. The van der Waals surface area contributed by atoms with Crippen molar-refractivity contribution in [2.75, 3.05) is 0 Å². The predicted molar refractivity (Wildman–Crippen MR) is 254 cm³/mol. The lowest BCUT2D eigenvalue weighted by Crippen LogP contribution is -2.63. The lowest BCUT2D eigenvalue weighted by atomic mass is 9.91. The van der Waals surface area contributed by atoms with E-state index in [0.717, 1.165) is 60.8 Å². The summed E-state index contributed by atoms with van der Waals surface area (Å²) >= 11 is 0. The lowest BCUT2D eigenvalue weighted by Gasteiger charge is -2.47. The van der Waals surface area contributed by atoms with Crippen LogP contribution in [0.2, 0.25) is 0 Å². The summed E-state index contributed by atoms with van der Waals surface area (Å²) in [5, 5.41) is 0. The molecule has 0 bridgehead atoms.